The Kier molecular flexibility index (Phi) is 7.66. The zero-order valence-corrected chi connectivity index (χ0v) is 21.3. The molecule has 1 atom stereocenters. The van der Waals surface area contributed by atoms with E-state index >= 15 is 0 Å². The molecule has 3 aromatic rings. The number of benzene rings is 3. The number of piperazine rings is 1. The highest BCUT2D eigenvalue weighted by Crippen LogP contribution is 2.37. The van der Waals surface area contributed by atoms with E-state index in [0.29, 0.717) is 16.3 Å². The lowest BCUT2D eigenvalue weighted by atomic mass is 9.99. The van der Waals surface area contributed by atoms with Crippen LogP contribution >= 0.6 is 11.6 Å². The molecule has 4 rings (SSSR count). The average molecular weight is 490 g/mol. The first-order valence-corrected chi connectivity index (χ1v) is 12.3. The van der Waals surface area contributed by atoms with Crippen molar-refractivity contribution in [3.05, 3.63) is 94.0 Å². The standard InChI is InChI=1S/C29H32ClN3O2/c1-21-4-10-24(11-5-21)28-19-32(18-23-8-6-22(17-31)7-9-23)14-15-33(28)27-13-12-25(16-26(27)30)35-20-29(2,3)34/h4-13,16,28,34H,14-15,18-20H2,1-3H3/t28-/m0/s1. The topological polar surface area (TPSA) is 59.7 Å². The molecule has 1 aliphatic heterocycles. The molecule has 0 amide bonds. The zero-order valence-electron chi connectivity index (χ0n) is 20.5. The van der Waals surface area contributed by atoms with Crippen molar-refractivity contribution in [2.24, 2.45) is 0 Å². The Labute approximate surface area is 213 Å². The highest BCUT2D eigenvalue weighted by Gasteiger charge is 2.30. The highest BCUT2D eigenvalue weighted by molar-refractivity contribution is 6.33. The van der Waals surface area contributed by atoms with Crippen LogP contribution in [-0.4, -0.2) is 41.8 Å². The molecule has 0 aliphatic carbocycles. The maximum absolute atomic E-state index is 9.96. The number of aliphatic hydroxyl groups is 1. The number of anilines is 1. The van der Waals surface area contributed by atoms with Gasteiger partial charge in [-0.3, -0.25) is 4.90 Å². The molecule has 0 radical (unpaired) electrons. The first-order chi connectivity index (χ1) is 16.7. The molecule has 0 unspecified atom stereocenters. The van der Waals surface area contributed by atoms with Gasteiger partial charge in [-0.05, 0) is 56.2 Å². The fourth-order valence-electron chi connectivity index (χ4n) is 4.36. The predicted molar refractivity (Wildman–Crippen MR) is 141 cm³/mol. The normalized spacial score (nSPS) is 16.7. The van der Waals surface area contributed by atoms with Crippen LogP contribution in [0, 0.1) is 18.3 Å². The van der Waals surface area contributed by atoms with Gasteiger partial charge in [0, 0.05) is 32.2 Å². The Hall–Kier alpha value is -3.04. The van der Waals surface area contributed by atoms with Crippen LogP contribution in [0.5, 0.6) is 5.75 Å². The second kappa shape index (κ2) is 10.7. The molecule has 1 heterocycles. The molecular formula is C29H32ClN3O2. The Morgan fingerprint density at radius 3 is 2.40 bits per heavy atom. The molecule has 1 fully saturated rings. The van der Waals surface area contributed by atoms with Crippen LogP contribution in [0.2, 0.25) is 5.02 Å². The minimum atomic E-state index is -0.910. The summed E-state index contributed by atoms with van der Waals surface area (Å²) in [5.41, 5.74) is 4.43. The first kappa shape index (κ1) is 25.1. The van der Waals surface area contributed by atoms with E-state index in [1.54, 1.807) is 13.8 Å². The fraction of sp³-hybridized carbons (Fsp3) is 0.345. The fourth-order valence-corrected chi connectivity index (χ4v) is 4.64. The van der Waals surface area contributed by atoms with E-state index < -0.39 is 5.60 Å². The Morgan fingerprint density at radius 1 is 1.06 bits per heavy atom. The summed E-state index contributed by atoms with van der Waals surface area (Å²) in [5.74, 6) is 0.646. The van der Waals surface area contributed by atoms with Crippen LogP contribution in [0.3, 0.4) is 0 Å². The van der Waals surface area contributed by atoms with E-state index in [4.69, 9.17) is 21.6 Å². The molecule has 1 aliphatic rings. The van der Waals surface area contributed by atoms with Crippen molar-refractivity contribution in [3.63, 3.8) is 0 Å². The van der Waals surface area contributed by atoms with Crippen LogP contribution in [0.1, 0.15) is 42.1 Å². The number of ether oxygens (including phenoxy) is 1. The van der Waals surface area contributed by atoms with Gasteiger partial charge in [0.25, 0.3) is 0 Å². The summed E-state index contributed by atoms with van der Waals surface area (Å²) in [4.78, 5) is 4.83. The van der Waals surface area contributed by atoms with Crippen LogP contribution in [0.15, 0.2) is 66.7 Å². The number of nitrogens with zero attached hydrogens (tertiary/aromatic N) is 3. The number of hydrogen-bond acceptors (Lipinski definition) is 5. The zero-order chi connectivity index (χ0) is 25.0. The minimum absolute atomic E-state index is 0.142. The minimum Gasteiger partial charge on any atom is -0.491 e. The number of aryl methyl sites for hydroxylation is 1. The van der Waals surface area contributed by atoms with Gasteiger partial charge in [-0.2, -0.15) is 5.26 Å². The van der Waals surface area contributed by atoms with Gasteiger partial charge in [0.2, 0.25) is 0 Å². The van der Waals surface area contributed by atoms with E-state index in [1.807, 2.05) is 42.5 Å². The second-order valence-corrected chi connectivity index (χ2v) is 10.3. The Balaban J connectivity index is 1.56. The lowest BCUT2D eigenvalue weighted by Crippen LogP contribution is -2.48. The summed E-state index contributed by atoms with van der Waals surface area (Å²) in [6.45, 7) is 9.15. The third kappa shape index (κ3) is 6.55. The molecule has 182 valence electrons. The third-order valence-corrected chi connectivity index (χ3v) is 6.54. The predicted octanol–water partition coefficient (Wildman–Crippen LogP) is 5.73. The summed E-state index contributed by atoms with van der Waals surface area (Å²) in [7, 11) is 0. The Morgan fingerprint density at radius 2 is 1.77 bits per heavy atom. The summed E-state index contributed by atoms with van der Waals surface area (Å²) in [6.07, 6.45) is 0. The van der Waals surface area contributed by atoms with Crippen LogP contribution in [-0.2, 0) is 6.54 Å². The molecule has 6 heteroatoms. The van der Waals surface area contributed by atoms with Crippen molar-refractivity contribution in [3.8, 4) is 11.8 Å². The molecule has 0 aromatic heterocycles. The van der Waals surface area contributed by atoms with E-state index in [0.717, 1.165) is 31.9 Å². The summed E-state index contributed by atoms with van der Waals surface area (Å²) in [6, 6.07) is 24.6. The van der Waals surface area contributed by atoms with E-state index in [-0.39, 0.29) is 12.6 Å². The van der Waals surface area contributed by atoms with Crippen molar-refractivity contribution in [1.29, 1.82) is 5.26 Å². The smallest absolute Gasteiger partial charge is 0.121 e. The van der Waals surface area contributed by atoms with Crippen LogP contribution < -0.4 is 9.64 Å². The molecule has 5 nitrogen and oxygen atoms in total. The molecule has 35 heavy (non-hydrogen) atoms. The maximum Gasteiger partial charge on any atom is 0.121 e. The molecule has 0 spiro atoms. The molecule has 0 saturated carbocycles. The van der Waals surface area contributed by atoms with E-state index in [9.17, 15) is 5.11 Å². The first-order valence-electron chi connectivity index (χ1n) is 11.9. The number of rotatable bonds is 7. The van der Waals surface area contributed by atoms with Gasteiger partial charge in [0.05, 0.1) is 34.0 Å². The van der Waals surface area contributed by atoms with Crippen molar-refractivity contribution < 1.29 is 9.84 Å². The summed E-state index contributed by atoms with van der Waals surface area (Å²) < 4.78 is 5.74. The third-order valence-electron chi connectivity index (χ3n) is 6.24. The van der Waals surface area contributed by atoms with Crippen molar-refractivity contribution in [1.82, 2.24) is 4.90 Å². The van der Waals surface area contributed by atoms with E-state index in [2.05, 4.69) is 47.1 Å². The highest BCUT2D eigenvalue weighted by atomic mass is 35.5. The van der Waals surface area contributed by atoms with Crippen LogP contribution in [0.4, 0.5) is 5.69 Å². The Bertz CT molecular complexity index is 1180. The van der Waals surface area contributed by atoms with Crippen LogP contribution in [0.25, 0.3) is 0 Å². The van der Waals surface area contributed by atoms with Crippen molar-refractivity contribution in [2.45, 2.75) is 39.0 Å². The molecule has 1 N–H and O–H groups in total. The number of nitriles is 1. The second-order valence-electron chi connectivity index (χ2n) is 9.88. The van der Waals surface area contributed by atoms with Gasteiger partial charge in [-0.15, -0.1) is 0 Å². The molecular weight excluding hydrogens is 458 g/mol. The quantitative estimate of drug-likeness (QED) is 0.459. The van der Waals surface area contributed by atoms with Gasteiger partial charge in [-0.1, -0.05) is 53.6 Å². The molecule has 1 saturated heterocycles. The summed E-state index contributed by atoms with van der Waals surface area (Å²) >= 11 is 6.76. The van der Waals surface area contributed by atoms with Crippen molar-refractivity contribution in [2.75, 3.05) is 31.1 Å². The lowest BCUT2D eigenvalue weighted by Gasteiger charge is -2.43. The SMILES string of the molecule is Cc1ccc([C@@H]2CN(Cc3ccc(C#N)cc3)CCN2c2ccc(OCC(C)(C)O)cc2Cl)cc1. The van der Waals surface area contributed by atoms with Crippen molar-refractivity contribution >= 4 is 17.3 Å². The van der Waals surface area contributed by atoms with Gasteiger partial charge in [-0.25, -0.2) is 0 Å². The van der Waals surface area contributed by atoms with Gasteiger partial charge >= 0.3 is 0 Å². The van der Waals surface area contributed by atoms with Gasteiger partial charge < -0.3 is 14.7 Å². The summed E-state index contributed by atoms with van der Waals surface area (Å²) in [5, 5.41) is 19.7. The van der Waals surface area contributed by atoms with Gasteiger partial charge in [0.15, 0.2) is 0 Å². The average Bonchev–Trinajstić information content (AvgIpc) is 2.84. The molecule has 3 aromatic carbocycles. The van der Waals surface area contributed by atoms with Gasteiger partial charge in [0.1, 0.15) is 12.4 Å². The largest absolute Gasteiger partial charge is 0.491 e. The monoisotopic (exact) mass is 489 g/mol. The lowest BCUT2D eigenvalue weighted by molar-refractivity contribution is 0.0285. The maximum atomic E-state index is 9.96. The number of hydrogen-bond donors (Lipinski definition) is 1. The molecule has 0 bridgehead atoms. The number of halogens is 1. The van der Waals surface area contributed by atoms with E-state index in [1.165, 1.54) is 16.7 Å².